The van der Waals surface area contributed by atoms with E-state index in [0.29, 0.717) is 24.6 Å². The lowest BCUT2D eigenvalue weighted by Gasteiger charge is -2.28. The number of halogens is 1. The summed E-state index contributed by atoms with van der Waals surface area (Å²) in [5, 5.41) is 0. The number of para-hydroxylation sites is 1. The minimum atomic E-state index is -3.86. The Morgan fingerprint density at radius 2 is 2.00 bits per heavy atom. The maximum Gasteiger partial charge on any atom is 0.262 e. The first kappa shape index (κ1) is 14.6. The molecule has 5 nitrogen and oxygen atoms in total. The van der Waals surface area contributed by atoms with E-state index in [0.717, 1.165) is 0 Å². The Balaban J connectivity index is 1.96. The molecule has 7 heteroatoms. The molecule has 0 unspecified atom stereocenters. The summed E-state index contributed by atoms with van der Waals surface area (Å²) >= 11 is 0. The largest absolute Gasteiger partial charge is 0.490 e. The maximum atomic E-state index is 13.6. The summed E-state index contributed by atoms with van der Waals surface area (Å²) in [5.74, 6) is 0.0167. The summed E-state index contributed by atoms with van der Waals surface area (Å²) in [6, 6.07) is 10.2. The molecule has 2 aromatic rings. The molecular formula is C15H15FN2O3S. The van der Waals surface area contributed by atoms with Crippen LogP contribution in [0.25, 0.3) is 0 Å². The van der Waals surface area contributed by atoms with E-state index in [-0.39, 0.29) is 10.6 Å². The highest BCUT2D eigenvalue weighted by molar-refractivity contribution is 7.92. The molecule has 0 fully saturated rings. The van der Waals surface area contributed by atoms with Gasteiger partial charge in [0.25, 0.3) is 10.0 Å². The van der Waals surface area contributed by atoms with Crippen molar-refractivity contribution in [2.45, 2.75) is 4.90 Å². The van der Waals surface area contributed by atoms with Gasteiger partial charge in [0.15, 0.2) is 0 Å². The van der Waals surface area contributed by atoms with E-state index >= 15 is 0 Å². The van der Waals surface area contributed by atoms with Crippen LogP contribution in [0.5, 0.6) is 5.75 Å². The van der Waals surface area contributed by atoms with Gasteiger partial charge in [0.2, 0.25) is 0 Å². The molecule has 2 aromatic carbocycles. The quantitative estimate of drug-likeness (QED) is 0.943. The Hall–Kier alpha value is -2.28. The molecule has 0 spiro atoms. The molecule has 0 bridgehead atoms. The molecule has 1 N–H and O–H groups in total. The predicted octanol–water partition coefficient (Wildman–Crippen LogP) is 2.46. The molecule has 0 saturated heterocycles. The zero-order chi connectivity index (χ0) is 15.7. The number of hydrogen-bond donors (Lipinski definition) is 1. The third-order valence-electron chi connectivity index (χ3n) is 3.45. The number of nitrogens with one attached hydrogen (secondary N) is 1. The van der Waals surface area contributed by atoms with E-state index in [1.54, 1.807) is 12.1 Å². The van der Waals surface area contributed by atoms with Gasteiger partial charge in [0, 0.05) is 7.05 Å². The van der Waals surface area contributed by atoms with Crippen molar-refractivity contribution >= 4 is 21.4 Å². The molecule has 1 aliphatic rings. The number of rotatable bonds is 3. The summed E-state index contributed by atoms with van der Waals surface area (Å²) in [6.07, 6.45) is 0. The molecule has 0 amide bonds. The van der Waals surface area contributed by atoms with Crippen molar-refractivity contribution in [2.24, 2.45) is 0 Å². The molecule has 0 saturated carbocycles. The van der Waals surface area contributed by atoms with Crippen molar-refractivity contribution in [1.82, 2.24) is 0 Å². The lowest BCUT2D eigenvalue weighted by molar-refractivity contribution is 0.311. The Labute approximate surface area is 128 Å². The first-order chi connectivity index (χ1) is 10.5. The van der Waals surface area contributed by atoms with E-state index in [2.05, 4.69) is 4.72 Å². The van der Waals surface area contributed by atoms with E-state index in [1.807, 2.05) is 11.9 Å². The lowest BCUT2D eigenvalue weighted by atomic mass is 10.2. The zero-order valence-corrected chi connectivity index (χ0v) is 12.7. The molecule has 1 heterocycles. The second-order valence-electron chi connectivity index (χ2n) is 4.98. The predicted molar refractivity (Wildman–Crippen MR) is 82.4 cm³/mol. The number of fused-ring (bicyclic) bond motifs is 1. The molecule has 0 radical (unpaired) electrons. The van der Waals surface area contributed by atoms with Gasteiger partial charge in [-0.3, -0.25) is 4.72 Å². The smallest absolute Gasteiger partial charge is 0.262 e. The molecule has 0 aliphatic carbocycles. The number of benzene rings is 2. The average Bonchev–Trinajstić information content (AvgIpc) is 2.49. The minimum absolute atomic E-state index is 0.0619. The Morgan fingerprint density at radius 1 is 1.23 bits per heavy atom. The van der Waals surface area contributed by atoms with Crippen molar-refractivity contribution in [2.75, 3.05) is 29.8 Å². The van der Waals surface area contributed by atoms with Crippen molar-refractivity contribution in [3.05, 3.63) is 48.3 Å². The molecule has 116 valence electrons. The SMILES string of the molecule is CN1CCOc2ccc(S(=O)(=O)Nc3ccccc3F)cc21. The first-order valence-electron chi connectivity index (χ1n) is 6.73. The molecule has 0 aromatic heterocycles. The molecule has 0 atom stereocenters. The topological polar surface area (TPSA) is 58.6 Å². The van der Waals surface area contributed by atoms with Crippen LogP contribution in [-0.4, -0.2) is 28.6 Å². The van der Waals surface area contributed by atoms with Crippen LogP contribution in [0.4, 0.5) is 15.8 Å². The van der Waals surface area contributed by atoms with Crippen LogP contribution in [0.1, 0.15) is 0 Å². The Kier molecular flexibility index (Phi) is 3.66. The maximum absolute atomic E-state index is 13.6. The van der Waals surface area contributed by atoms with Crippen LogP contribution in [0.3, 0.4) is 0 Å². The van der Waals surface area contributed by atoms with E-state index in [4.69, 9.17) is 4.74 Å². The van der Waals surface area contributed by atoms with Gasteiger partial charge in [0.05, 0.1) is 22.8 Å². The van der Waals surface area contributed by atoms with Gasteiger partial charge in [-0.1, -0.05) is 12.1 Å². The number of anilines is 2. The van der Waals surface area contributed by atoms with Crippen LogP contribution >= 0.6 is 0 Å². The highest BCUT2D eigenvalue weighted by atomic mass is 32.2. The summed E-state index contributed by atoms with van der Waals surface area (Å²) < 4.78 is 46.2. The highest BCUT2D eigenvalue weighted by Crippen LogP contribution is 2.33. The summed E-state index contributed by atoms with van der Waals surface area (Å²) in [7, 11) is -2.00. The fourth-order valence-electron chi connectivity index (χ4n) is 2.25. The zero-order valence-electron chi connectivity index (χ0n) is 11.9. The van der Waals surface area contributed by atoms with Crippen LogP contribution in [0.2, 0.25) is 0 Å². The van der Waals surface area contributed by atoms with Gasteiger partial charge in [-0.15, -0.1) is 0 Å². The van der Waals surface area contributed by atoms with E-state index < -0.39 is 15.8 Å². The fourth-order valence-corrected chi connectivity index (χ4v) is 3.33. The second kappa shape index (κ2) is 5.49. The number of hydrogen-bond acceptors (Lipinski definition) is 4. The van der Waals surface area contributed by atoms with Crippen molar-refractivity contribution in [3.8, 4) is 5.75 Å². The summed E-state index contributed by atoms with van der Waals surface area (Å²) in [5.41, 5.74) is 0.618. The number of nitrogens with zero attached hydrogens (tertiary/aromatic N) is 1. The van der Waals surface area contributed by atoms with Crippen molar-refractivity contribution in [3.63, 3.8) is 0 Å². The highest BCUT2D eigenvalue weighted by Gasteiger charge is 2.21. The van der Waals surface area contributed by atoms with Gasteiger partial charge >= 0.3 is 0 Å². The number of sulfonamides is 1. The summed E-state index contributed by atoms with van der Waals surface area (Å²) in [4.78, 5) is 1.98. The molecular weight excluding hydrogens is 307 g/mol. The molecule has 3 rings (SSSR count). The minimum Gasteiger partial charge on any atom is -0.490 e. The van der Waals surface area contributed by atoms with Crippen molar-refractivity contribution < 1.29 is 17.5 Å². The van der Waals surface area contributed by atoms with Crippen LogP contribution in [0.15, 0.2) is 47.4 Å². The van der Waals surface area contributed by atoms with Crippen molar-refractivity contribution in [1.29, 1.82) is 0 Å². The third kappa shape index (κ3) is 2.71. The first-order valence-corrected chi connectivity index (χ1v) is 8.21. The average molecular weight is 322 g/mol. The molecule has 22 heavy (non-hydrogen) atoms. The van der Waals surface area contributed by atoms with Crippen LogP contribution in [-0.2, 0) is 10.0 Å². The van der Waals surface area contributed by atoms with Crippen LogP contribution < -0.4 is 14.4 Å². The van der Waals surface area contributed by atoms with Gasteiger partial charge in [0.1, 0.15) is 18.2 Å². The van der Waals surface area contributed by atoms with E-state index in [9.17, 15) is 12.8 Å². The fraction of sp³-hybridized carbons (Fsp3) is 0.200. The Bertz CT molecular complexity index is 808. The lowest BCUT2D eigenvalue weighted by Crippen LogP contribution is -2.29. The van der Waals surface area contributed by atoms with Gasteiger partial charge in [-0.2, -0.15) is 0 Å². The van der Waals surface area contributed by atoms with E-state index in [1.165, 1.54) is 30.3 Å². The van der Waals surface area contributed by atoms with Gasteiger partial charge in [-0.25, -0.2) is 12.8 Å². The van der Waals surface area contributed by atoms with Gasteiger partial charge in [-0.05, 0) is 30.3 Å². The number of ether oxygens (including phenoxy) is 1. The molecule has 1 aliphatic heterocycles. The monoisotopic (exact) mass is 322 g/mol. The summed E-state index contributed by atoms with van der Waals surface area (Å²) in [6.45, 7) is 1.24. The van der Waals surface area contributed by atoms with Crippen LogP contribution in [0, 0.1) is 5.82 Å². The normalized spacial score (nSPS) is 14.2. The second-order valence-corrected chi connectivity index (χ2v) is 6.67. The van der Waals surface area contributed by atoms with Gasteiger partial charge < -0.3 is 9.64 Å². The number of likely N-dealkylation sites (N-methyl/N-ethyl adjacent to an activating group) is 1. The Morgan fingerprint density at radius 3 is 2.77 bits per heavy atom. The third-order valence-corrected chi connectivity index (χ3v) is 4.82. The standard InChI is InChI=1S/C15H15FN2O3S/c1-18-8-9-21-15-7-6-11(10-14(15)18)22(19,20)17-13-5-3-2-4-12(13)16/h2-7,10,17H,8-9H2,1H3.